The molecule has 0 spiro atoms. The van der Waals surface area contributed by atoms with Gasteiger partial charge in [-0.15, -0.1) is 0 Å². The molecular formula is C19H30FN. The topological polar surface area (TPSA) is 26.0 Å². The molecule has 7 atom stereocenters. The Morgan fingerprint density at radius 2 is 1.95 bits per heavy atom. The van der Waals surface area contributed by atoms with Gasteiger partial charge in [0.15, 0.2) is 0 Å². The van der Waals surface area contributed by atoms with E-state index in [-0.39, 0.29) is 5.41 Å². The van der Waals surface area contributed by atoms with Crippen LogP contribution in [0.5, 0.6) is 0 Å². The predicted octanol–water partition coefficient (Wildman–Crippen LogP) is 4.61. The van der Waals surface area contributed by atoms with Gasteiger partial charge in [0.25, 0.3) is 0 Å². The standard InChI is InChI=1S/C19H30FN/c1-18-11-10-15-13(14(18)8-9-17(18)21)7-6-12-4-3-5-16(20)19(12,15)2/h6,13-17H,3-5,7-11,21H2,1-2H3/t13-,14-,15-,16?,17-,18-,19-/m0/s1. The summed E-state index contributed by atoms with van der Waals surface area (Å²) >= 11 is 0. The second-order valence-electron chi connectivity index (χ2n) is 8.71. The molecule has 4 aliphatic rings. The van der Waals surface area contributed by atoms with Crippen LogP contribution in [0.4, 0.5) is 4.39 Å². The summed E-state index contributed by atoms with van der Waals surface area (Å²) < 4.78 is 14.9. The van der Waals surface area contributed by atoms with Crippen LogP contribution in [0.15, 0.2) is 11.6 Å². The first-order valence-electron chi connectivity index (χ1n) is 9.07. The molecule has 0 heterocycles. The lowest BCUT2D eigenvalue weighted by atomic mass is 9.47. The number of hydrogen-bond donors (Lipinski definition) is 1. The largest absolute Gasteiger partial charge is 0.327 e. The summed E-state index contributed by atoms with van der Waals surface area (Å²) in [6.07, 6.45) is 10.8. The molecular weight excluding hydrogens is 261 g/mol. The van der Waals surface area contributed by atoms with Crippen LogP contribution < -0.4 is 5.73 Å². The van der Waals surface area contributed by atoms with Crippen molar-refractivity contribution in [3.63, 3.8) is 0 Å². The van der Waals surface area contributed by atoms with Crippen LogP contribution in [0.1, 0.15) is 65.2 Å². The molecule has 0 radical (unpaired) electrons. The lowest BCUT2D eigenvalue weighted by molar-refractivity contribution is -0.0596. The highest BCUT2D eigenvalue weighted by molar-refractivity contribution is 5.26. The monoisotopic (exact) mass is 291 g/mol. The van der Waals surface area contributed by atoms with Crippen LogP contribution >= 0.6 is 0 Å². The highest BCUT2D eigenvalue weighted by Crippen LogP contribution is 2.64. The predicted molar refractivity (Wildman–Crippen MR) is 84.6 cm³/mol. The van der Waals surface area contributed by atoms with E-state index < -0.39 is 6.17 Å². The highest BCUT2D eigenvalue weighted by Gasteiger charge is 2.59. The number of hydrogen-bond acceptors (Lipinski definition) is 1. The van der Waals surface area contributed by atoms with E-state index in [1.54, 1.807) is 0 Å². The fraction of sp³-hybridized carbons (Fsp3) is 0.895. The van der Waals surface area contributed by atoms with Gasteiger partial charge in [0.2, 0.25) is 0 Å². The second kappa shape index (κ2) is 4.57. The van der Waals surface area contributed by atoms with Crippen molar-refractivity contribution in [1.29, 1.82) is 0 Å². The minimum Gasteiger partial charge on any atom is -0.327 e. The fourth-order valence-corrected chi connectivity index (χ4v) is 6.71. The molecule has 0 aliphatic heterocycles. The Hall–Kier alpha value is -0.370. The first-order chi connectivity index (χ1) is 9.98. The van der Waals surface area contributed by atoms with Crippen LogP contribution in [0.3, 0.4) is 0 Å². The quantitative estimate of drug-likeness (QED) is 0.648. The van der Waals surface area contributed by atoms with Crippen LogP contribution in [-0.4, -0.2) is 12.2 Å². The van der Waals surface area contributed by atoms with E-state index >= 15 is 0 Å². The molecule has 118 valence electrons. The summed E-state index contributed by atoms with van der Waals surface area (Å²) in [6.45, 7) is 4.66. The Bertz CT molecular complexity index is 472. The van der Waals surface area contributed by atoms with Gasteiger partial charge in [0, 0.05) is 11.5 Å². The van der Waals surface area contributed by atoms with Crippen LogP contribution in [0, 0.1) is 28.6 Å². The third-order valence-electron chi connectivity index (χ3n) is 8.16. The smallest absolute Gasteiger partial charge is 0.109 e. The lowest BCUT2D eigenvalue weighted by Gasteiger charge is -2.58. The number of rotatable bonds is 0. The van der Waals surface area contributed by atoms with Gasteiger partial charge in [0.05, 0.1) is 0 Å². The molecule has 0 bridgehead atoms. The summed E-state index contributed by atoms with van der Waals surface area (Å²) in [5.41, 5.74) is 8.07. The van der Waals surface area contributed by atoms with E-state index in [0.717, 1.165) is 25.2 Å². The molecule has 1 nitrogen and oxygen atoms in total. The van der Waals surface area contributed by atoms with Crippen molar-refractivity contribution in [3.8, 4) is 0 Å². The molecule has 4 aliphatic carbocycles. The summed E-state index contributed by atoms with van der Waals surface area (Å²) in [5, 5.41) is 0. The number of halogens is 1. The first-order valence-corrected chi connectivity index (χ1v) is 9.07. The van der Waals surface area contributed by atoms with Crippen LogP contribution in [-0.2, 0) is 0 Å². The third-order valence-corrected chi connectivity index (χ3v) is 8.16. The van der Waals surface area contributed by atoms with E-state index in [0.29, 0.717) is 23.3 Å². The molecule has 0 aromatic carbocycles. The maximum Gasteiger partial charge on any atom is 0.109 e. The van der Waals surface area contributed by atoms with E-state index in [2.05, 4.69) is 19.9 Å². The van der Waals surface area contributed by atoms with Crippen molar-refractivity contribution in [2.45, 2.75) is 77.4 Å². The van der Waals surface area contributed by atoms with Crippen molar-refractivity contribution in [2.75, 3.05) is 0 Å². The van der Waals surface area contributed by atoms with Crippen molar-refractivity contribution in [1.82, 2.24) is 0 Å². The molecule has 0 saturated heterocycles. The lowest BCUT2D eigenvalue weighted by Crippen LogP contribution is -2.54. The molecule has 4 rings (SSSR count). The molecule has 0 amide bonds. The van der Waals surface area contributed by atoms with Gasteiger partial charge in [-0.25, -0.2) is 4.39 Å². The van der Waals surface area contributed by atoms with Crippen molar-refractivity contribution in [2.24, 2.45) is 34.3 Å². The minimum absolute atomic E-state index is 0.158. The Balaban J connectivity index is 1.72. The molecule has 0 aromatic rings. The Morgan fingerprint density at radius 3 is 2.76 bits per heavy atom. The summed E-state index contributed by atoms with van der Waals surface area (Å²) in [5.74, 6) is 1.98. The zero-order valence-electron chi connectivity index (χ0n) is 13.6. The fourth-order valence-electron chi connectivity index (χ4n) is 6.71. The molecule has 21 heavy (non-hydrogen) atoms. The van der Waals surface area contributed by atoms with Crippen LogP contribution in [0.25, 0.3) is 0 Å². The van der Waals surface area contributed by atoms with Gasteiger partial charge in [-0.3, -0.25) is 0 Å². The molecule has 1 unspecified atom stereocenters. The summed E-state index contributed by atoms with van der Waals surface area (Å²) in [4.78, 5) is 0. The zero-order chi connectivity index (χ0) is 14.8. The average Bonchev–Trinajstić information content (AvgIpc) is 2.76. The van der Waals surface area contributed by atoms with Crippen molar-refractivity contribution < 1.29 is 4.39 Å². The van der Waals surface area contributed by atoms with Crippen LogP contribution in [0.2, 0.25) is 0 Å². The average molecular weight is 291 g/mol. The Labute approximate surface area is 128 Å². The molecule has 0 aromatic heterocycles. The minimum atomic E-state index is -0.621. The number of nitrogens with two attached hydrogens (primary N) is 1. The number of alkyl halides is 1. The third kappa shape index (κ3) is 1.72. The molecule has 3 saturated carbocycles. The summed E-state index contributed by atoms with van der Waals surface area (Å²) in [7, 11) is 0. The molecule has 3 fully saturated rings. The van der Waals surface area contributed by atoms with Gasteiger partial charge >= 0.3 is 0 Å². The van der Waals surface area contributed by atoms with Gasteiger partial charge in [0.1, 0.15) is 6.17 Å². The SMILES string of the molecule is C[C@]12CC[C@H]3[C@@H](CC=C4CCCC(F)[C@@]43C)[C@@H]1CC[C@@H]2N. The zero-order valence-corrected chi connectivity index (χ0v) is 13.6. The number of fused-ring (bicyclic) bond motifs is 5. The van der Waals surface area contributed by atoms with Crippen molar-refractivity contribution >= 4 is 0 Å². The maximum absolute atomic E-state index is 14.9. The van der Waals surface area contributed by atoms with E-state index in [4.69, 9.17) is 5.73 Å². The Kier molecular flexibility index (Phi) is 3.10. The van der Waals surface area contributed by atoms with Gasteiger partial charge in [-0.05, 0) is 74.5 Å². The van der Waals surface area contributed by atoms with Gasteiger partial charge < -0.3 is 5.73 Å². The van der Waals surface area contributed by atoms with E-state index in [1.807, 2.05) is 0 Å². The van der Waals surface area contributed by atoms with Gasteiger partial charge in [-0.1, -0.05) is 25.5 Å². The normalized spacial score (nSPS) is 56.2. The second-order valence-corrected chi connectivity index (χ2v) is 8.71. The molecule has 2 heteroatoms. The van der Waals surface area contributed by atoms with E-state index in [9.17, 15) is 4.39 Å². The number of allylic oxidation sites excluding steroid dienone is 2. The summed E-state index contributed by atoms with van der Waals surface area (Å²) in [6, 6.07) is 0.370. The van der Waals surface area contributed by atoms with Gasteiger partial charge in [-0.2, -0.15) is 0 Å². The molecule has 2 N–H and O–H groups in total. The van der Waals surface area contributed by atoms with Crippen molar-refractivity contribution in [3.05, 3.63) is 11.6 Å². The highest BCUT2D eigenvalue weighted by atomic mass is 19.1. The Morgan fingerprint density at radius 1 is 1.14 bits per heavy atom. The van der Waals surface area contributed by atoms with E-state index in [1.165, 1.54) is 37.7 Å². The first kappa shape index (κ1) is 14.2. The maximum atomic E-state index is 14.9.